The number of rotatable bonds is 26. The summed E-state index contributed by atoms with van der Waals surface area (Å²) in [6, 6.07) is 37.5. The second-order valence-corrected chi connectivity index (χ2v) is 28.8. The normalized spacial score (nSPS) is 12.7. The van der Waals surface area contributed by atoms with E-state index in [0.29, 0.717) is 18.8 Å². The molecule has 6 aromatic carbocycles. The summed E-state index contributed by atoms with van der Waals surface area (Å²) in [5.41, 5.74) is 8.39. The van der Waals surface area contributed by atoms with Crippen molar-refractivity contribution in [1.82, 2.24) is 14.0 Å². The summed E-state index contributed by atoms with van der Waals surface area (Å²) in [6.07, 6.45) is 29.1. The van der Waals surface area contributed by atoms with Gasteiger partial charge in [0.25, 0.3) is 0 Å². The van der Waals surface area contributed by atoms with Crippen LogP contribution in [0.25, 0.3) is 0 Å². The van der Waals surface area contributed by atoms with Gasteiger partial charge in [0.2, 0.25) is 12.7 Å². The summed E-state index contributed by atoms with van der Waals surface area (Å²) in [5, 5.41) is 94.8. The molecule has 9 rings (SSSR count). The van der Waals surface area contributed by atoms with E-state index in [4.69, 9.17) is 14.9 Å². The van der Waals surface area contributed by atoms with Crippen LogP contribution in [0.15, 0.2) is 164 Å². The van der Waals surface area contributed by atoms with Gasteiger partial charge in [-0.15, -0.1) is 0 Å². The number of aryl methyl sites for hydroxylation is 4. The smallest absolute Gasteiger partial charge is 0.243 e. The minimum absolute atomic E-state index is 0. The lowest BCUT2D eigenvalue weighted by Gasteiger charge is -2.25. The first-order chi connectivity index (χ1) is 50.8. The van der Waals surface area contributed by atoms with Crippen LogP contribution >= 0.6 is 0 Å². The highest BCUT2D eigenvalue weighted by molar-refractivity contribution is 5.84. The second kappa shape index (κ2) is 52.7. The Hall–Kier alpha value is -8.52. The molecule has 0 atom stereocenters. The maximum atomic E-state index is 10.1. The third-order valence-corrected chi connectivity index (χ3v) is 18.5. The quantitative estimate of drug-likeness (QED) is 0.0183. The lowest BCUT2D eigenvalue weighted by molar-refractivity contribution is -0.671. The number of aromatic hydroxyl groups is 5. The number of hydrogen-bond donors (Lipinski definition) is 10. The lowest BCUT2D eigenvalue weighted by Crippen LogP contribution is -3.00. The van der Waals surface area contributed by atoms with Gasteiger partial charge in [0.15, 0.2) is 60.8 Å². The number of imidazole rings is 2. The molecular formula is C85H126Cl4N11O11+3. The number of hydrogen-bond acceptors (Lipinski definition) is 13. The number of para-hydroxylation sites is 2. The van der Waals surface area contributed by atoms with Crippen LogP contribution in [-0.2, 0) is 40.0 Å². The molecule has 3 heterocycles. The van der Waals surface area contributed by atoms with Crippen molar-refractivity contribution in [2.75, 3.05) is 115 Å². The fraction of sp³-hybridized carbons (Fsp3) is 0.435. The van der Waals surface area contributed by atoms with Gasteiger partial charge in [-0.05, 0) is 134 Å². The van der Waals surface area contributed by atoms with Crippen LogP contribution in [-0.4, -0.2) is 257 Å². The van der Waals surface area contributed by atoms with Crippen LogP contribution in [0, 0.1) is 0 Å². The van der Waals surface area contributed by atoms with Crippen LogP contribution in [0.4, 0.5) is 0 Å². The summed E-state index contributed by atoms with van der Waals surface area (Å²) >= 11 is 0. The minimum Gasteiger partial charge on any atom is -1.00 e. The number of benzene rings is 6. The van der Waals surface area contributed by atoms with Crippen molar-refractivity contribution in [1.29, 1.82) is 0 Å². The Bertz CT molecular complexity index is 4100. The predicted molar refractivity (Wildman–Crippen MR) is 429 cm³/mol. The van der Waals surface area contributed by atoms with E-state index in [0.717, 1.165) is 89.3 Å². The van der Waals surface area contributed by atoms with Gasteiger partial charge in [0.05, 0.1) is 55.6 Å². The van der Waals surface area contributed by atoms with Crippen molar-refractivity contribution in [3.8, 4) is 34.5 Å². The van der Waals surface area contributed by atoms with Crippen molar-refractivity contribution in [3.05, 3.63) is 214 Å². The number of ether oxygens (including phenoxy) is 1. The SMILES string of the molecule is CCc1ccc(O)c(C=[N+](C)C(C)(C)CO)c1.CCc1ccc(O)c(C=[N+](C)CCO)c1.COc1ccccc1C=[N+](C)CCO.C[N+](=Cc1cc(Cn2cc[n+](C)c2)ccc1O)C(C)(C)CO.C[N+](=Cc1cc(Cn2cc[n+](C)c2)ccc1O)C(C)(C)CO.Oc1ccccc1C=NCCN1CCCCC1.[Cl-].[Cl-].[Cl-].[Cl-]. The number of phenolic OH excluding ortho intramolecular Hbond substituents is 5. The molecule has 8 aromatic rings. The highest BCUT2D eigenvalue weighted by Gasteiger charge is 2.29. The summed E-state index contributed by atoms with van der Waals surface area (Å²) in [6.45, 7) is 23.2. The van der Waals surface area contributed by atoms with E-state index in [9.17, 15) is 40.9 Å². The Labute approximate surface area is 684 Å². The van der Waals surface area contributed by atoms with Gasteiger partial charge in [0, 0.05) is 59.9 Å². The molecule has 1 fully saturated rings. The summed E-state index contributed by atoms with van der Waals surface area (Å²) < 4.78 is 22.9. The molecule has 111 heavy (non-hydrogen) atoms. The highest BCUT2D eigenvalue weighted by Crippen LogP contribution is 2.23. The summed E-state index contributed by atoms with van der Waals surface area (Å²) in [5.74, 6) is 2.16. The topological polar surface area (TPSA) is 260 Å². The number of aromatic nitrogens is 4. The highest BCUT2D eigenvalue weighted by atomic mass is 35.5. The van der Waals surface area contributed by atoms with E-state index in [1.165, 1.54) is 43.5 Å². The Balaban J connectivity index is 0.00000131. The molecule has 0 spiro atoms. The number of halogens is 4. The molecule has 0 amide bonds. The zero-order valence-corrected chi connectivity index (χ0v) is 71.0. The number of aliphatic hydroxyl groups excluding tert-OH is 5. The maximum absolute atomic E-state index is 10.1. The first-order valence-electron chi connectivity index (χ1n) is 36.7. The number of piperidine rings is 1. The molecular weight excluding hydrogens is 1490 g/mol. The van der Waals surface area contributed by atoms with Crippen molar-refractivity contribution >= 4 is 37.3 Å². The van der Waals surface area contributed by atoms with Crippen molar-refractivity contribution in [2.45, 2.75) is 117 Å². The van der Waals surface area contributed by atoms with Gasteiger partial charge >= 0.3 is 0 Å². The Morgan fingerprint density at radius 2 is 0.793 bits per heavy atom. The number of phenols is 5. The molecule has 0 aliphatic carbocycles. The first kappa shape index (κ1) is 102. The maximum Gasteiger partial charge on any atom is 0.243 e. The standard InChI is InChI=1S/2C17H24N3O2.C14H20N2O.C14H21NO2.C12H17NO2.C11H16NO2.4ClH/c2*1-17(2,12-21)19(4)11-15-9-14(5-6-16(15)22)10-20-8-7-18(3)13-20;17-14-7-3-2-6-13(14)12-15-8-11-16-9-4-1-5-10-16;1-5-11-6-7-13(17)12(8-11)9-15(4)14(2,3)10-16;1-3-10-4-5-12(15)11(8-10)9-13(2)6-7-14;1-12(7-8-13)9-10-5-3-4-6-11(10)14-2;;;;/h2*5-9,11,13,21H,10,12H2,1-4H3;2-3,6-7,12,17H,1,4-5,8-11H2;6-9,16H,5,10H2,1-4H3;4-5,8-9,14H,3,6-7H2,1-2H3;3-6,9,13H,7-8H2,1-2H3;4*1H/q2*+1;;;;+1;;;;. The molecule has 10 N–H and O–H groups in total. The van der Waals surface area contributed by atoms with Gasteiger partial charge in [-0.2, -0.15) is 0 Å². The number of methoxy groups -OCH3 is 1. The van der Waals surface area contributed by atoms with Crippen molar-refractivity contribution < 1.29 is 137 Å². The third kappa shape index (κ3) is 36.7. The Morgan fingerprint density at radius 1 is 0.450 bits per heavy atom. The van der Waals surface area contributed by atoms with E-state index < -0.39 is 0 Å². The van der Waals surface area contributed by atoms with Crippen LogP contribution in [0.1, 0.15) is 130 Å². The molecule has 0 radical (unpaired) electrons. The zero-order chi connectivity index (χ0) is 79.3. The minimum atomic E-state index is -0.378. The Morgan fingerprint density at radius 3 is 1.14 bits per heavy atom. The molecule has 0 bridgehead atoms. The van der Waals surface area contributed by atoms with Gasteiger partial charge in [-0.1, -0.05) is 68.8 Å². The monoisotopic (exact) mass is 1620 g/mol. The van der Waals surface area contributed by atoms with Gasteiger partial charge in [-0.3, -0.25) is 4.99 Å². The molecule has 26 heteroatoms. The number of nitrogens with zero attached hydrogens (tertiary/aromatic N) is 11. The molecule has 1 saturated heterocycles. The Kier molecular flexibility index (Phi) is 48.6. The average Bonchev–Trinajstić information content (AvgIpc) is 1.83. The van der Waals surface area contributed by atoms with Crippen LogP contribution in [0.3, 0.4) is 0 Å². The summed E-state index contributed by atoms with van der Waals surface area (Å²) in [4.78, 5) is 6.83. The number of likely N-dealkylation sites (tertiary alicyclic amines) is 1. The van der Waals surface area contributed by atoms with Crippen LogP contribution in [0.5, 0.6) is 34.5 Å². The molecule has 1 aliphatic heterocycles. The molecule has 22 nitrogen and oxygen atoms in total. The van der Waals surface area contributed by atoms with Gasteiger partial charge < -0.3 is 110 Å². The van der Waals surface area contributed by atoms with E-state index in [1.54, 1.807) is 43.7 Å². The van der Waals surface area contributed by atoms with Crippen molar-refractivity contribution in [2.24, 2.45) is 19.1 Å². The molecule has 0 unspecified atom stereocenters. The second-order valence-electron chi connectivity index (χ2n) is 28.8. The van der Waals surface area contributed by atoms with E-state index in [-0.39, 0.29) is 122 Å². The van der Waals surface area contributed by atoms with Gasteiger partial charge in [-0.25, -0.2) is 41.1 Å². The largest absolute Gasteiger partial charge is 1.00 e. The fourth-order valence-corrected chi connectivity index (χ4v) is 10.4. The van der Waals surface area contributed by atoms with Crippen LogP contribution < -0.4 is 63.5 Å². The molecule has 2 aromatic heterocycles. The van der Waals surface area contributed by atoms with Crippen molar-refractivity contribution in [3.63, 3.8) is 0 Å². The third-order valence-electron chi connectivity index (χ3n) is 18.5. The predicted octanol–water partition coefficient (Wildman–Crippen LogP) is -4.35. The van der Waals surface area contributed by atoms with E-state index >= 15 is 0 Å². The molecule has 612 valence electrons. The summed E-state index contributed by atoms with van der Waals surface area (Å²) in [7, 11) is 15.1. The fourth-order valence-electron chi connectivity index (χ4n) is 10.4. The number of likely N-dealkylation sites (N-methyl/N-ethyl adjacent to an activating group) is 5. The number of aliphatic hydroxyl groups is 5. The average molecular weight is 1620 g/mol. The zero-order valence-electron chi connectivity index (χ0n) is 68.0. The lowest BCUT2D eigenvalue weighted by atomic mass is 10.1. The number of aliphatic imine (C=N–C) groups is 1. The van der Waals surface area contributed by atoms with Crippen LogP contribution in [0.2, 0.25) is 0 Å². The van der Waals surface area contributed by atoms with Gasteiger partial charge in [0.1, 0.15) is 141 Å². The molecule has 0 saturated carbocycles. The first-order valence-corrected chi connectivity index (χ1v) is 36.7. The van der Waals surface area contributed by atoms with E-state index in [1.807, 2.05) is 282 Å². The molecule has 1 aliphatic rings. The van der Waals surface area contributed by atoms with E-state index in [2.05, 4.69) is 32.9 Å².